The molecule has 0 aromatic carbocycles. The molecule has 15 heteroatoms. The summed E-state index contributed by atoms with van der Waals surface area (Å²) in [7, 11) is 0. The fourth-order valence-electron chi connectivity index (χ4n) is 8.31. The summed E-state index contributed by atoms with van der Waals surface area (Å²) in [6.07, 6.45) is 42.9. The minimum absolute atomic E-state index is 0.110. The number of carbonyl (C=O) groups is 2. The maximum Gasteiger partial charge on any atom is 0.306 e. The molecule has 15 nitrogen and oxygen atoms in total. The lowest BCUT2D eigenvalue weighted by Gasteiger charge is -2.42. The van der Waals surface area contributed by atoms with Gasteiger partial charge in [-0.1, -0.05) is 169 Å². The van der Waals surface area contributed by atoms with Crippen LogP contribution in [0.3, 0.4) is 0 Å². The zero-order valence-electron chi connectivity index (χ0n) is 46.2. The van der Waals surface area contributed by atoms with Gasteiger partial charge >= 0.3 is 11.9 Å². The summed E-state index contributed by atoms with van der Waals surface area (Å²) >= 11 is 0. The van der Waals surface area contributed by atoms with Gasteiger partial charge in [0.05, 0.1) is 19.8 Å². The van der Waals surface area contributed by atoms with E-state index in [0.717, 1.165) is 70.6 Å². The molecular weight excluding hydrogens is 973 g/mol. The van der Waals surface area contributed by atoms with Gasteiger partial charge in [0.15, 0.2) is 18.7 Å². The van der Waals surface area contributed by atoms with Gasteiger partial charge in [-0.2, -0.15) is 0 Å². The minimum Gasteiger partial charge on any atom is -0.462 e. The number of rotatable bonds is 44. The molecule has 2 aliphatic heterocycles. The first kappa shape index (κ1) is 68.5. The second kappa shape index (κ2) is 46.3. The number of hydrogen-bond donors (Lipinski definition) is 7. The highest BCUT2D eigenvalue weighted by atomic mass is 16.7. The van der Waals surface area contributed by atoms with Gasteiger partial charge in [0.25, 0.3) is 0 Å². The van der Waals surface area contributed by atoms with Gasteiger partial charge in [0.1, 0.15) is 55.4 Å². The third-order valence-corrected chi connectivity index (χ3v) is 13.0. The van der Waals surface area contributed by atoms with E-state index in [1.807, 2.05) is 6.08 Å². The summed E-state index contributed by atoms with van der Waals surface area (Å²) in [4.78, 5) is 25.9. The van der Waals surface area contributed by atoms with Crippen LogP contribution in [0.5, 0.6) is 0 Å². The zero-order chi connectivity index (χ0) is 55.3. The summed E-state index contributed by atoms with van der Waals surface area (Å²) < 4.78 is 33.6. The molecule has 2 heterocycles. The first-order valence-electron chi connectivity index (χ1n) is 28.8. The number of ether oxygens (including phenoxy) is 6. The van der Waals surface area contributed by atoms with Gasteiger partial charge in [-0.3, -0.25) is 9.59 Å². The van der Waals surface area contributed by atoms with Crippen LogP contribution < -0.4 is 0 Å². The first-order chi connectivity index (χ1) is 37.0. The van der Waals surface area contributed by atoms with Crippen molar-refractivity contribution in [3.05, 3.63) is 97.2 Å². The lowest BCUT2D eigenvalue weighted by atomic mass is 9.98. The Morgan fingerprint density at radius 3 is 1.30 bits per heavy atom. The normalized spacial score (nSPS) is 25.1. The average molecular weight is 1070 g/mol. The molecule has 76 heavy (non-hydrogen) atoms. The predicted molar refractivity (Wildman–Crippen MR) is 298 cm³/mol. The second-order valence-electron chi connectivity index (χ2n) is 19.8. The first-order valence-corrected chi connectivity index (χ1v) is 28.8. The fourth-order valence-corrected chi connectivity index (χ4v) is 8.31. The highest BCUT2D eigenvalue weighted by molar-refractivity contribution is 5.70. The van der Waals surface area contributed by atoms with Crippen LogP contribution in [0.15, 0.2) is 97.2 Å². The van der Waals surface area contributed by atoms with Gasteiger partial charge in [-0.15, -0.1) is 0 Å². The lowest BCUT2D eigenvalue weighted by molar-refractivity contribution is -0.332. The van der Waals surface area contributed by atoms with Crippen LogP contribution in [0.25, 0.3) is 0 Å². The number of aliphatic hydroxyl groups excluding tert-OH is 7. The SMILES string of the molecule is CCCCC/C=C/C/C=C/C/C=C/C/C=C/CCCCCC(=O)O[C@@H](COC(=O)CCC/C=C/C/C=C/C/C=C/C/C=C/CCCCCCCCC)CO[C@@H]1O[C@H](CO[C@@H]2O[C@H](CO)[C@H](O)C(O)C2O)[C@H](O)C(O)C1O. The molecule has 11 atom stereocenters. The van der Waals surface area contributed by atoms with Gasteiger partial charge in [-0.05, 0) is 96.3 Å². The summed E-state index contributed by atoms with van der Waals surface area (Å²) in [5.74, 6) is -1.03. The molecule has 0 aromatic heterocycles. The van der Waals surface area contributed by atoms with Crippen LogP contribution in [-0.4, -0.2) is 142 Å². The summed E-state index contributed by atoms with van der Waals surface area (Å²) in [6.45, 7) is 2.46. The molecule has 4 unspecified atom stereocenters. The maximum absolute atomic E-state index is 13.0. The van der Waals surface area contributed by atoms with E-state index >= 15 is 0 Å². The van der Waals surface area contributed by atoms with E-state index in [-0.39, 0.29) is 19.4 Å². The van der Waals surface area contributed by atoms with Crippen LogP contribution in [0.2, 0.25) is 0 Å². The van der Waals surface area contributed by atoms with Gasteiger partial charge < -0.3 is 64.2 Å². The molecule has 0 spiro atoms. The van der Waals surface area contributed by atoms with Crippen molar-refractivity contribution in [3.8, 4) is 0 Å². The smallest absolute Gasteiger partial charge is 0.306 e. The van der Waals surface area contributed by atoms with Crippen molar-refractivity contribution in [3.63, 3.8) is 0 Å². The standard InChI is InChI=1S/C61H100O15/c1-3-5-7-9-11-13-15-17-19-21-23-24-26-27-29-31-33-35-37-39-41-43-52(63)71-46-49(74-53(64)44-42-40-38-36-34-32-30-28-25-22-20-18-16-14-12-10-8-6-4-2)47-72-60-59(70)57(68)55(66)51(76-60)48-73-61-58(69)56(67)54(65)50(45-62)75-61/h12,14,18-21,24-26,28-29,31-32,34-35,37,49-51,54-62,65-70H,3-11,13,15-17,22-23,27,30,33,36,38-48H2,1-2H3/b14-12+,20-18+,21-19+,26-24+,28-25+,31-29+,34-32+,37-35+/t49-,50+,51+,54-,55-,56?,57?,58?,59?,60+,61+/m0/s1. The number of allylic oxidation sites excluding steroid dienone is 16. The molecule has 0 saturated carbocycles. The van der Waals surface area contributed by atoms with E-state index in [4.69, 9.17) is 28.4 Å². The van der Waals surface area contributed by atoms with Crippen molar-refractivity contribution >= 4 is 11.9 Å². The molecule has 2 fully saturated rings. The number of carbonyl (C=O) groups excluding carboxylic acids is 2. The molecular formula is C61H100O15. The molecule has 7 N–H and O–H groups in total. The summed E-state index contributed by atoms with van der Waals surface area (Å²) in [6, 6.07) is 0. The van der Waals surface area contributed by atoms with E-state index in [2.05, 4.69) is 105 Å². The van der Waals surface area contributed by atoms with E-state index in [0.29, 0.717) is 19.3 Å². The van der Waals surface area contributed by atoms with Crippen molar-refractivity contribution in [2.24, 2.45) is 0 Å². The molecule has 0 amide bonds. The Morgan fingerprint density at radius 1 is 0.421 bits per heavy atom. The van der Waals surface area contributed by atoms with Gasteiger partial charge in [-0.25, -0.2) is 0 Å². The van der Waals surface area contributed by atoms with E-state index in [1.54, 1.807) is 0 Å². The Hall–Kier alpha value is -3.58. The Bertz CT molecular complexity index is 1690. The van der Waals surface area contributed by atoms with Crippen molar-refractivity contribution < 1.29 is 73.8 Å². The third-order valence-electron chi connectivity index (χ3n) is 13.0. The molecule has 0 radical (unpaired) electrons. The lowest BCUT2D eigenvalue weighted by Crippen LogP contribution is -2.61. The molecule has 2 saturated heterocycles. The second-order valence-corrected chi connectivity index (χ2v) is 19.8. The number of esters is 2. The third kappa shape index (κ3) is 33.0. The largest absolute Gasteiger partial charge is 0.462 e. The minimum atomic E-state index is -1.79. The van der Waals surface area contributed by atoms with Crippen LogP contribution >= 0.6 is 0 Å². The van der Waals surface area contributed by atoms with Crippen molar-refractivity contribution in [2.75, 3.05) is 26.4 Å². The van der Waals surface area contributed by atoms with Crippen LogP contribution in [0.4, 0.5) is 0 Å². The quantitative estimate of drug-likeness (QED) is 0.0171. The number of unbranched alkanes of at least 4 members (excludes halogenated alkanes) is 14. The van der Waals surface area contributed by atoms with Crippen LogP contribution in [-0.2, 0) is 38.0 Å². The Kier molecular flexibility index (Phi) is 41.8. The fraction of sp³-hybridized carbons (Fsp3) is 0.705. The molecule has 2 rings (SSSR count). The van der Waals surface area contributed by atoms with Crippen LogP contribution in [0.1, 0.15) is 181 Å². The summed E-state index contributed by atoms with van der Waals surface area (Å²) in [5.41, 5.74) is 0. The highest BCUT2D eigenvalue weighted by Gasteiger charge is 2.47. The molecule has 0 bridgehead atoms. The predicted octanol–water partition coefficient (Wildman–Crippen LogP) is 9.71. The monoisotopic (exact) mass is 1070 g/mol. The summed E-state index contributed by atoms with van der Waals surface area (Å²) in [5, 5.41) is 72.3. The van der Waals surface area contributed by atoms with E-state index in [1.165, 1.54) is 64.2 Å². The molecule has 2 aliphatic rings. The molecule has 0 aromatic rings. The highest BCUT2D eigenvalue weighted by Crippen LogP contribution is 2.26. The van der Waals surface area contributed by atoms with Crippen molar-refractivity contribution in [1.29, 1.82) is 0 Å². The van der Waals surface area contributed by atoms with E-state index < -0.39 is 99.3 Å². The van der Waals surface area contributed by atoms with Gasteiger partial charge in [0, 0.05) is 12.8 Å². The Labute approximate surface area is 456 Å². The number of hydrogen-bond acceptors (Lipinski definition) is 15. The zero-order valence-corrected chi connectivity index (χ0v) is 46.2. The molecule has 0 aliphatic carbocycles. The topological polar surface area (TPSA) is 231 Å². The maximum atomic E-state index is 13.0. The average Bonchev–Trinajstić information content (AvgIpc) is 3.41. The van der Waals surface area contributed by atoms with Crippen LogP contribution in [0, 0.1) is 0 Å². The van der Waals surface area contributed by atoms with Crippen molar-refractivity contribution in [2.45, 2.75) is 248 Å². The van der Waals surface area contributed by atoms with Crippen molar-refractivity contribution in [1.82, 2.24) is 0 Å². The van der Waals surface area contributed by atoms with Gasteiger partial charge in [0.2, 0.25) is 0 Å². The van der Waals surface area contributed by atoms with E-state index in [9.17, 15) is 45.3 Å². The number of aliphatic hydroxyl groups is 7. The Morgan fingerprint density at radius 2 is 0.803 bits per heavy atom. The molecule has 434 valence electrons. The Balaban J connectivity index is 1.81.